The van der Waals surface area contributed by atoms with Gasteiger partial charge < -0.3 is 5.11 Å². The molecule has 2 rings (SSSR count). The predicted molar refractivity (Wildman–Crippen MR) is 78.8 cm³/mol. The van der Waals surface area contributed by atoms with Crippen LogP contribution in [-0.4, -0.2) is 27.1 Å². The number of nitro groups is 1. The molecule has 0 aliphatic heterocycles. The molecule has 0 radical (unpaired) electrons. The lowest BCUT2D eigenvalue weighted by molar-refractivity contribution is -0.385. The molecular weight excluding hydrogens is 288 g/mol. The van der Waals surface area contributed by atoms with Gasteiger partial charge in [0.1, 0.15) is 0 Å². The maximum atomic E-state index is 11.8. The lowest BCUT2D eigenvalue weighted by Crippen LogP contribution is -2.17. The largest absolute Gasteiger partial charge is 0.502 e. The first-order valence-corrected chi connectivity index (χ1v) is 6.21. The summed E-state index contributed by atoms with van der Waals surface area (Å²) in [7, 11) is 0. The molecule has 0 spiro atoms. The SMILES string of the molecule is Cc1ccc(C(=O)NN=Cc2ccc(O)c([N+](=O)[O-])c2)cn1. The Bertz CT molecular complexity index is 741. The lowest BCUT2D eigenvalue weighted by atomic mass is 10.2. The summed E-state index contributed by atoms with van der Waals surface area (Å²) in [6, 6.07) is 7.08. The second-order valence-electron chi connectivity index (χ2n) is 4.39. The molecule has 112 valence electrons. The summed E-state index contributed by atoms with van der Waals surface area (Å²) < 4.78 is 0. The number of nitrogens with one attached hydrogen (secondary N) is 1. The second kappa shape index (κ2) is 6.44. The Morgan fingerprint density at radius 3 is 2.82 bits per heavy atom. The van der Waals surface area contributed by atoms with Crippen LogP contribution in [0.3, 0.4) is 0 Å². The van der Waals surface area contributed by atoms with E-state index in [9.17, 15) is 20.0 Å². The maximum Gasteiger partial charge on any atom is 0.311 e. The molecule has 8 heteroatoms. The average Bonchev–Trinajstić information content (AvgIpc) is 2.49. The molecule has 0 saturated heterocycles. The predicted octanol–water partition coefficient (Wildman–Crippen LogP) is 1.77. The summed E-state index contributed by atoms with van der Waals surface area (Å²) in [4.78, 5) is 25.7. The lowest BCUT2D eigenvalue weighted by Gasteiger charge is -2.00. The Kier molecular flexibility index (Phi) is 4.42. The first-order chi connectivity index (χ1) is 10.5. The number of pyridine rings is 1. The third-order valence-electron chi connectivity index (χ3n) is 2.75. The minimum atomic E-state index is -0.705. The quantitative estimate of drug-likeness (QED) is 0.507. The highest BCUT2D eigenvalue weighted by Crippen LogP contribution is 2.25. The standard InChI is InChI=1S/C14H12N4O4/c1-9-2-4-11(8-15-9)14(20)17-16-7-10-3-5-13(19)12(6-10)18(21)22/h2-8,19H,1H3,(H,17,20). The number of aromatic nitrogens is 1. The van der Waals surface area contributed by atoms with Gasteiger partial charge in [-0.3, -0.25) is 19.9 Å². The van der Waals surface area contributed by atoms with Crippen LogP contribution in [0.5, 0.6) is 5.75 Å². The number of benzene rings is 1. The van der Waals surface area contributed by atoms with Gasteiger partial charge in [0, 0.05) is 23.5 Å². The fourth-order valence-electron chi connectivity index (χ4n) is 1.60. The highest BCUT2D eigenvalue weighted by molar-refractivity contribution is 5.94. The highest BCUT2D eigenvalue weighted by atomic mass is 16.6. The van der Waals surface area contributed by atoms with E-state index < -0.39 is 22.3 Å². The monoisotopic (exact) mass is 300 g/mol. The van der Waals surface area contributed by atoms with Crippen molar-refractivity contribution < 1.29 is 14.8 Å². The van der Waals surface area contributed by atoms with E-state index in [0.29, 0.717) is 11.1 Å². The van der Waals surface area contributed by atoms with Gasteiger partial charge in [-0.2, -0.15) is 5.10 Å². The van der Waals surface area contributed by atoms with Crippen LogP contribution < -0.4 is 5.43 Å². The molecule has 0 atom stereocenters. The summed E-state index contributed by atoms with van der Waals surface area (Å²) in [5.74, 6) is -0.881. The number of phenols is 1. The van der Waals surface area contributed by atoms with E-state index >= 15 is 0 Å². The van der Waals surface area contributed by atoms with E-state index in [1.165, 1.54) is 24.5 Å². The molecule has 0 bridgehead atoms. The van der Waals surface area contributed by atoms with Crippen molar-refractivity contribution >= 4 is 17.8 Å². The number of hydrazone groups is 1. The van der Waals surface area contributed by atoms with E-state index in [1.807, 2.05) is 0 Å². The smallest absolute Gasteiger partial charge is 0.311 e. The molecule has 0 aliphatic carbocycles. The highest BCUT2D eigenvalue weighted by Gasteiger charge is 2.12. The number of carbonyl (C=O) groups excluding carboxylic acids is 1. The zero-order chi connectivity index (χ0) is 16.1. The van der Waals surface area contributed by atoms with Gasteiger partial charge in [-0.15, -0.1) is 0 Å². The number of nitro benzene ring substituents is 1. The van der Waals surface area contributed by atoms with Crippen molar-refractivity contribution in [2.45, 2.75) is 6.92 Å². The Labute approximate surface area is 125 Å². The van der Waals surface area contributed by atoms with Crippen LogP contribution >= 0.6 is 0 Å². The maximum absolute atomic E-state index is 11.8. The summed E-state index contributed by atoms with van der Waals surface area (Å²) in [6.07, 6.45) is 2.66. The Morgan fingerprint density at radius 2 is 2.18 bits per heavy atom. The first-order valence-electron chi connectivity index (χ1n) is 6.21. The summed E-state index contributed by atoms with van der Waals surface area (Å²) in [5.41, 5.74) is 3.36. The van der Waals surface area contributed by atoms with Gasteiger partial charge in [0.2, 0.25) is 0 Å². The third-order valence-corrected chi connectivity index (χ3v) is 2.75. The van der Waals surface area contributed by atoms with E-state index in [1.54, 1.807) is 19.1 Å². The second-order valence-corrected chi connectivity index (χ2v) is 4.39. The van der Waals surface area contributed by atoms with Crippen LogP contribution in [0.2, 0.25) is 0 Å². The van der Waals surface area contributed by atoms with Crippen LogP contribution in [0.1, 0.15) is 21.6 Å². The van der Waals surface area contributed by atoms with Crippen LogP contribution in [0, 0.1) is 17.0 Å². The van der Waals surface area contributed by atoms with Crippen molar-refractivity contribution in [2.24, 2.45) is 5.10 Å². The first kappa shape index (κ1) is 15.1. The van der Waals surface area contributed by atoms with Crippen LogP contribution in [0.25, 0.3) is 0 Å². The molecule has 22 heavy (non-hydrogen) atoms. The van der Waals surface area contributed by atoms with Gasteiger partial charge in [-0.1, -0.05) is 0 Å². The number of aryl methyl sites for hydroxylation is 1. The van der Waals surface area contributed by atoms with Crippen LogP contribution in [-0.2, 0) is 0 Å². The van der Waals surface area contributed by atoms with E-state index in [2.05, 4.69) is 15.5 Å². The number of aromatic hydroxyl groups is 1. The van der Waals surface area contributed by atoms with Gasteiger partial charge in [0.15, 0.2) is 5.75 Å². The fourth-order valence-corrected chi connectivity index (χ4v) is 1.60. The molecule has 1 aromatic heterocycles. The summed E-state index contributed by atoms with van der Waals surface area (Å²) >= 11 is 0. The zero-order valence-corrected chi connectivity index (χ0v) is 11.6. The molecule has 2 N–H and O–H groups in total. The molecule has 0 unspecified atom stereocenters. The molecule has 1 aromatic carbocycles. The molecule has 1 amide bonds. The summed E-state index contributed by atoms with van der Waals surface area (Å²) in [5, 5.41) is 23.7. The van der Waals surface area contributed by atoms with Gasteiger partial charge in [0.25, 0.3) is 5.91 Å². The minimum Gasteiger partial charge on any atom is -0.502 e. The van der Waals surface area contributed by atoms with Crippen LogP contribution in [0.15, 0.2) is 41.6 Å². The zero-order valence-electron chi connectivity index (χ0n) is 11.6. The van der Waals surface area contributed by atoms with Crippen molar-refractivity contribution in [3.05, 3.63) is 63.5 Å². The normalized spacial score (nSPS) is 10.6. The molecule has 0 aliphatic rings. The van der Waals surface area contributed by atoms with Crippen molar-refractivity contribution in [1.29, 1.82) is 0 Å². The van der Waals surface area contributed by atoms with Crippen molar-refractivity contribution in [3.63, 3.8) is 0 Å². The number of amides is 1. The van der Waals surface area contributed by atoms with E-state index in [4.69, 9.17) is 0 Å². The number of nitrogens with zero attached hydrogens (tertiary/aromatic N) is 3. The van der Waals surface area contributed by atoms with Crippen LogP contribution in [0.4, 0.5) is 5.69 Å². The molecule has 8 nitrogen and oxygen atoms in total. The van der Waals surface area contributed by atoms with Gasteiger partial charge in [-0.25, -0.2) is 5.43 Å². The molecule has 1 heterocycles. The number of hydrogen-bond donors (Lipinski definition) is 2. The molecular formula is C14H12N4O4. The molecule has 0 saturated carbocycles. The number of carbonyl (C=O) groups is 1. The average molecular weight is 300 g/mol. The Hall–Kier alpha value is -3.29. The Balaban J connectivity index is 2.06. The summed E-state index contributed by atoms with van der Waals surface area (Å²) in [6.45, 7) is 1.80. The molecule has 0 fully saturated rings. The topological polar surface area (TPSA) is 118 Å². The van der Waals surface area contributed by atoms with Crippen molar-refractivity contribution in [2.75, 3.05) is 0 Å². The van der Waals surface area contributed by atoms with Gasteiger partial charge in [0.05, 0.1) is 16.7 Å². The minimum absolute atomic E-state index is 0.347. The third kappa shape index (κ3) is 3.63. The van der Waals surface area contributed by atoms with Crippen molar-refractivity contribution in [3.8, 4) is 5.75 Å². The Morgan fingerprint density at radius 1 is 1.41 bits per heavy atom. The fraction of sp³-hybridized carbons (Fsp3) is 0.0714. The number of hydrogen-bond acceptors (Lipinski definition) is 6. The van der Waals surface area contributed by atoms with E-state index in [-0.39, 0.29) is 0 Å². The van der Waals surface area contributed by atoms with Gasteiger partial charge >= 0.3 is 5.69 Å². The van der Waals surface area contributed by atoms with Crippen molar-refractivity contribution in [1.82, 2.24) is 10.4 Å². The number of phenolic OH excluding ortho intramolecular Hbond substituents is 1. The van der Waals surface area contributed by atoms with Gasteiger partial charge in [-0.05, 0) is 31.2 Å². The molecule has 2 aromatic rings. The van der Waals surface area contributed by atoms with E-state index in [0.717, 1.165) is 11.8 Å². The number of rotatable bonds is 4.